The van der Waals surface area contributed by atoms with Crippen molar-refractivity contribution in [2.45, 2.75) is 19.8 Å². The Kier molecular flexibility index (Phi) is 6.34. The van der Waals surface area contributed by atoms with Crippen molar-refractivity contribution in [3.8, 4) is 0 Å². The normalized spacial score (nSPS) is 14.3. The molecule has 1 aromatic heterocycles. The number of aromatic nitrogens is 1. The lowest BCUT2D eigenvalue weighted by Gasteiger charge is -2.30. The second-order valence-electron chi connectivity index (χ2n) is 7.52. The highest BCUT2D eigenvalue weighted by Crippen LogP contribution is 2.19. The summed E-state index contributed by atoms with van der Waals surface area (Å²) >= 11 is 0. The predicted octanol–water partition coefficient (Wildman–Crippen LogP) is 2.30. The molecule has 2 amide bonds. The molecule has 0 aliphatic carbocycles. The smallest absolute Gasteiger partial charge is 0.338 e. The molecule has 0 unspecified atom stereocenters. The fraction of sp³-hybridized carbons (Fsp3) is 0.364. The van der Waals surface area contributed by atoms with Gasteiger partial charge in [0.05, 0.1) is 23.8 Å². The minimum atomic E-state index is -0.656. The highest BCUT2D eigenvalue weighted by molar-refractivity contribution is 6.11. The summed E-state index contributed by atoms with van der Waals surface area (Å²) in [6.07, 6.45) is 3.34. The Hall–Kier alpha value is -3.42. The van der Waals surface area contributed by atoms with E-state index in [1.807, 2.05) is 0 Å². The van der Waals surface area contributed by atoms with Gasteiger partial charge < -0.3 is 19.5 Å². The molecule has 8 nitrogen and oxygen atoms in total. The molecule has 0 bridgehead atoms. The Labute approximate surface area is 174 Å². The molecule has 0 atom stereocenters. The van der Waals surface area contributed by atoms with Gasteiger partial charge in [0.25, 0.3) is 17.4 Å². The number of rotatable bonds is 4. The summed E-state index contributed by atoms with van der Waals surface area (Å²) in [5.74, 6) is -0.886. The van der Waals surface area contributed by atoms with Crippen LogP contribution in [0.15, 0.2) is 41.3 Å². The number of pyridine rings is 1. The van der Waals surface area contributed by atoms with E-state index in [4.69, 9.17) is 4.74 Å². The number of benzene rings is 1. The SMILES string of the molecule is COC(=O)c1ccccc1C(=O)Nc1cc(C(=O)N2CCC(C)CC2)cn(C)c1=O. The van der Waals surface area contributed by atoms with Crippen molar-refractivity contribution in [1.82, 2.24) is 9.47 Å². The first-order valence-electron chi connectivity index (χ1n) is 9.80. The van der Waals surface area contributed by atoms with Crippen molar-refractivity contribution in [1.29, 1.82) is 0 Å². The van der Waals surface area contributed by atoms with Gasteiger partial charge in [0.2, 0.25) is 0 Å². The van der Waals surface area contributed by atoms with Gasteiger partial charge in [-0.2, -0.15) is 0 Å². The number of nitrogens with zero attached hydrogens (tertiary/aromatic N) is 2. The van der Waals surface area contributed by atoms with Crippen LogP contribution in [0.3, 0.4) is 0 Å². The maximum absolute atomic E-state index is 12.9. The number of anilines is 1. The summed E-state index contributed by atoms with van der Waals surface area (Å²) in [6, 6.07) is 7.55. The van der Waals surface area contributed by atoms with Gasteiger partial charge in [-0.25, -0.2) is 4.79 Å². The van der Waals surface area contributed by atoms with E-state index >= 15 is 0 Å². The second kappa shape index (κ2) is 8.94. The van der Waals surface area contributed by atoms with E-state index in [0.717, 1.165) is 12.8 Å². The third-order valence-electron chi connectivity index (χ3n) is 5.33. The van der Waals surface area contributed by atoms with Crippen LogP contribution in [0.5, 0.6) is 0 Å². The lowest BCUT2D eigenvalue weighted by Crippen LogP contribution is -2.38. The molecular weight excluding hydrogens is 386 g/mol. The number of hydrogen-bond donors (Lipinski definition) is 1. The number of hydrogen-bond acceptors (Lipinski definition) is 5. The number of likely N-dealkylation sites (tertiary alicyclic amines) is 1. The van der Waals surface area contributed by atoms with Crippen molar-refractivity contribution >= 4 is 23.5 Å². The molecule has 0 spiro atoms. The summed E-state index contributed by atoms with van der Waals surface area (Å²) in [5, 5.41) is 2.54. The number of carbonyl (C=O) groups excluding carboxylic acids is 3. The van der Waals surface area contributed by atoms with E-state index in [1.54, 1.807) is 17.0 Å². The van der Waals surface area contributed by atoms with E-state index in [-0.39, 0.29) is 22.7 Å². The largest absolute Gasteiger partial charge is 0.465 e. The van der Waals surface area contributed by atoms with Crippen molar-refractivity contribution in [3.63, 3.8) is 0 Å². The second-order valence-corrected chi connectivity index (χ2v) is 7.52. The zero-order valence-electron chi connectivity index (χ0n) is 17.3. The number of carbonyl (C=O) groups is 3. The summed E-state index contributed by atoms with van der Waals surface area (Å²) in [4.78, 5) is 51.9. The van der Waals surface area contributed by atoms with Crippen molar-refractivity contribution in [3.05, 3.63) is 63.6 Å². The Balaban J connectivity index is 1.88. The van der Waals surface area contributed by atoms with Gasteiger partial charge in [0.15, 0.2) is 0 Å². The fourth-order valence-electron chi connectivity index (χ4n) is 3.47. The first kappa shape index (κ1) is 21.3. The van der Waals surface area contributed by atoms with E-state index in [2.05, 4.69) is 12.2 Å². The highest BCUT2D eigenvalue weighted by atomic mass is 16.5. The highest BCUT2D eigenvalue weighted by Gasteiger charge is 2.24. The minimum absolute atomic E-state index is 0.0293. The lowest BCUT2D eigenvalue weighted by molar-refractivity contribution is 0.0597. The Morgan fingerprint density at radius 2 is 1.73 bits per heavy atom. The van der Waals surface area contributed by atoms with Gasteiger partial charge in [-0.15, -0.1) is 0 Å². The van der Waals surface area contributed by atoms with E-state index in [1.165, 1.54) is 43.1 Å². The van der Waals surface area contributed by atoms with Crippen molar-refractivity contribution in [2.24, 2.45) is 13.0 Å². The molecule has 3 rings (SSSR count). The Morgan fingerprint density at radius 3 is 2.37 bits per heavy atom. The van der Waals surface area contributed by atoms with Gasteiger partial charge in [-0.1, -0.05) is 19.1 Å². The summed E-state index contributed by atoms with van der Waals surface area (Å²) in [5.41, 5.74) is 0.00135. The van der Waals surface area contributed by atoms with Gasteiger partial charge >= 0.3 is 5.97 Å². The molecular formula is C22H25N3O5. The maximum atomic E-state index is 12.9. The standard InChI is InChI=1S/C22H25N3O5/c1-14-8-10-25(11-9-14)20(27)15-12-18(21(28)24(2)13-15)23-19(26)16-6-4-5-7-17(16)22(29)30-3/h4-7,12-14H,8-11H2,1-3H3,(H,23,26). The summed E-state index contributed by atoms with van der Waals surface area (Å²) in [6.45, 7) is 3.49. The summed E-state index contributed by atoms with van der Waals surface area (Å²) < 4.78 is 5.98. The molecule has 1 aliphatic heterocycles. The quantitative estimate of drug-likeness (QED) is 0.779. The zero-order chi connectivity index (χ0) is 21.8. The molecule has 1 aliphatic rings. The molecule has 2 heterocycles. The number of aryl methyl sites for hydroxylation is 1. The van der Waals surface area contributed by atoms with Crippen LogP contribution >= 0.6 is 0 Å². The van der Waals surface area contributed by atoms with Crippen molar-refractivity contribution < 1.29 is 19.1 Å². The molecule has 158 valence electrons. The van der Waals surface area contributed by atoms with Crippen LogP contribution in [0, 0.1) is 5.92 Å². The number of nitrogens with one attached hydrogen (secondary N) is 1. The molecule has 30 heavy (non-hydrogen) atoms. The Bertz CT molecular complexity index is 1040. The number of ether oxygens (including phenoxy) is 1. The third-order valence-corrected chi connectivity index (χ3v) is 5.33. The van der Waals surface area contributed by atoms with Crippen LogP contribution in [0.1, 0.15) is 50.8 Å². The topological polar surface area (TPSA) is 97.7 Å². The molecule has 1 N–H and O–H groups in total. The van der Waals surface area contributed by atoms with Crippen LogP contribution in [-0.4, -0.2) is 47.4 Å². The monoisotopic (exact) mass is 411 g/mol. The predicted molar refractivity (Wildman–Crippen MR) is 112 cm³/mol. The number of amides is 2. The van der Waals surface area contributed by atoms with Crippen LogP contribution in [-0.2, 0) is 11.8 Å². The number of piperidine rings is 1. The number of esters is 1. The first-order chi connectivity index (χ1) is 14.3. The maximum Gasteiger partial charge on any atom is 0.338 e. The zero-order valence-corrected chi connectivity index (χ0v) is 17.3. The van der Waals surface area contributed by atoms with Gasteiger partial charge in [0.1, 0.15) is 5.69 Å². The minimum Gasteiger partial charge on any atom is -0.465 e. The molecule has 1 saturated heterocycles. The molecule has 8 heteroatoms. The summed E-state index contributed by atoms with van der Waals surface area (Å²) in [7, 11) is 2.75. The fourth-order valence-corrected chi connectivity index (χ4v) is 3.47. The average Bonchev–Trinajstić information content (AvgIpc) is 2.76. The van der Waals surface area contributed by atoms with E-state index in [9.17, 15) is 19.2 Å². The van der Waals surface area contributed by atoms with Gasteiger partial charge in [-0.3, -0.25) is 14.4 Å². The average molecular weight is 411 g/mol. The van der Waals surface area contributed by atoms with Crippen LogP contribution in [0.25, 0.3) is 0 Å². The molecule has 0 radical (unpaired) electrons. The molecule has 1 aromatic carbocycles. The lowest BCUT2D eigenvalue weighted by atomic mass is 9.99. The van der Waals surface area contributed by atoms with Crippen LogP contribution in [0.2, 0.25) is 0 Å². The molecule has 0 saturated carbocycles. The molecule has 1 fully saturated rings. The van der Waals surface area contributed by atoms with E-state index < -0.39 is 17.4 Å². The van der Waals surface area contributed by atoms with Crippen LogP contribution < -0.4 is 10.9 Å². The Morgan fingerprint density at radius 1 is 1.10 bits per heavy atom. The van der Waals surface area contributed by atoms with Crippen molar-refractivity contribution in [2.75, 3.05) is 25.5 Å². The molecule has 2 aromatic rings. The van der Waals surface area contributed by atoms with Gasteiger partial charge in [0, 0.05) is 26.3 Å². The third kappa shape index (κ3) is 4.42. The van der Waals surface area contributed by atoms with Gasteiger partial charge in [-0.05, 0) is 37.0 Å². The van der Waals surface area contributed by atoms with Crippen LogP contribution in [0.4, 0.5) is 5.69 Å². The first-order valence-corrected chi connectivity index (χ1v) is 9.80. The van der Waals surface area contributed by atoms with E-state index in [0.29, 0.717) is 24.6 Å². The number of methoxy groups -OCH3 is 1.